The Kier molecular flexibility index (Phi) is 5.92. The molecule has 0 radical (unpaired) electrons. The lowest BCUT2D eigenvalue weighted by molar-refractivity contribution is -0.143. The van der Waals surface area contributed by atoms with Crippen LogP contribution in [0.5, 0.6) is 5.75 Å². The topological polar surface area (TPSA) is 59.4 Å². The highest BCUT2D eigenvalue weighted by molar-refractivity contribution is 6.11. The maximum absolute atomic E-state index is 12.1. The zero-order chi connectivity index (χ0) is 16.7. The zero-order valence-electron chi connectivity index (χ0n) is 13.4. The van der Waals surface area contributed by atoms with E-state index in [1.807, 2.05) is 42.5 Å². The molecular formula is C19H21NO3. The SMILES string of the molecule is COC(=O)C(CCc1ccccc1)C(=N)c1ccccc1OC. The van der Waals surface area contributed by atoms with Crippen molar-refractivity contribution in [3.63, 3.8) is 0 Å². The van der Waals surface area contributed by atoms with Crippen molar-refractivity contribution in [3.05, 3.63) is 65.7 Å². The second kappa shape index (κ2) is 8.13. The van der Waals surface area contributed by atoms with Crippen LogP contribution in [0.3, 0.4) is 0 Å². The van der Waals surface area contributed by atoms with Gasteiger partial charge < -0.3 is 14.9 Å². The van der Waals surface area contributed by atoms with Crippen LogP contribution in [0.1, 0.15) is 17.5 Å². The molecule has 0 bridgehead atoms. The van der Waals surface area contributed by atoms with Gasteiger partial charge in [-0.25, -0.2) is 0 Å². The standard InChI is InChI=1S/C19H21NO3/c1-22-17-11-7-6-10-15(17)18(20)16(19(21)23-2)13-12-14-8-4-3-5-9-14/h3-11,16,20H,12-13H2,1-2H3. The number of aryl methyl sites for hydroxylation is 1. The first-order chi connectivity index (χ1) is 11.2. The van der Waals surface area contributed by atoms with Crippen LogP contribution in [0.25, 0.3) is 0 Å². The molecule has 1 atom stereocenters. The Bertz CT molecular complexity index is 667. The van der Waals surface area contributed by atoms with Gasteiger partial charge in [-0.1, -0.05) is 42.5 Å². The third-order valence-electron chi connectivity index (χ3n) is 3.80. The molecule has 0 aliphatic heterocycles. The van der Waals surface area contributed by atoms with E-state index < -0.39 is 11.9 Å². The van der Waals surface area contributed by atoms with E-state index in [1.54, 1.807) is 19.2 Å². The summed E-state index contributed by atoms with van der Waals surface area (Å²) in [7, 11) is 2.91. The summed E-state index contributed by atoms with van der Waals surface area (Å²) >= 11 is 0. The van der Waals surface area contributed by atoms with Gasteiger partial charge in [0.25, 0.3) is 0 Å². The molecule has 0 aliphatic carbocycles. The Labute approximate surface area is 136 Å². The fourth-order valence-electron chi connectivity index (χ4n) is 2.53. The molecule has 0 spiro atoms. The Balaban J connectivity index is 2.20. The number of para-hydroxylation sites is 1. The molecule has 23 heavy (non-hydrogen) atoms. The lowest BCUT2D eigenvalue weighted by Gasteiger charge is -2.18. The highest BCUT2D eigenvalue weighted by Crippen LogP contribution is 2.24. The van der Waals surface area contributed by atoms with Gasteiger partial charge in [-0.15, -0.1) is 0 Å². The molecular weight excluding hydrogens is 290 g/mol. The highest BCUT2D eigenvalue weighted by atomic mass is 16.5. The van der Waals surface area contributed by atoms with Crippen molar-refractivity contribution in [2.24, 2.45) is 5.92 Å². The summed E-state index contributed by atoms with van der Waals surface area (Å²) < 4.78 is 10.2. The Morgan fingerprint density at radius 1 is 1.04 bits per heavy atom. The van der Waals surface area contributed by atoms with E-state index in [-0.39, 0.29) is 5.71 Å². The van der Waals surface area contributed by atoms with Crippen LogP contribution in [-0.4, -0.2) is 25.9 Å². The van der Waals surface area contributed by atoms with Crippen molar-refractivity contribution < 1.29 is 14.3 Å². The van der Waals surface area contributed by atoms with Crippen molar-refractivity contribution >= 4 is 11.7 Å². The van der Waals surface area contributed by atoms with Crippen LogP contribution in [-0.2, 0) is 16.0 Å². The van der Waals surface area contributed by atoms with Gasteiger partial charge in [-0.05, 0) is 30.5 Å². The van der Waals surface area contributed by atoms with E-state index in [2.05, 4.69) is 0 Å². The second-order valence-electron chi connectivity index (χ2n) is 5.21. The summed E-state index contributed by atoms with van der Waals surface area (Å²) in [6.45, 7) is 0. The number of nitrogens with one attached hydrogen (secondary N) is 1. The number of benzene rings is 2. The zero-order valence-corrected chi connectivity index (χ0v) is 13.4. The molecule has 0 fully saturated rings. The largest absolute Gasteiger partial charge is 0.496 e. The molecule has 0 saturated carbocycles. The third kappa shape index (κ3) is 4.19. The quantitative estimate of drug-likeness (QED) is 0.629. The van der Waals surface area contributed by atoms with Crippen LogP contribution >= 0.6 is 0 Å². The predicted octanol–water partition coefficient (Wildman–Crippen LogP) is 3.49. The number of carbonyl (C=O) groups is 1. The van der Waals surface area contributed by atoms with Crippen LogP contribution in [0.15, 0.2) is 54.6 Å². The van der Waals surface area contributed by atoms with Gasteiger partial charge in [0.05, 0.1) is 25.8 Å². The van der Waals surface area contributed by atoms with E-state index >= 15 is 0 Å². The van der Waals surface area contributed by atoms with Gasteiger partial charge in [0.1, 0.15) is 5.75 Å². The number of carbonyl (C=O) groups excluding carboxylic acids is 1. The molecule has 0 heterocycles. The Hall–Kier alpha value is -2.62. The van der Waals surface area contributed by atoms with E-state index in [0.29, 0.717) is 24.2 Å². The number of ether oxygens (including phenoxy) is 2. The molecule has 2 aromatic carbocycles. The molecule has 1 N–H and O–H groups in total. The predicted molar refractivity (Wildman–Crippen MR) is 90.1 cm³/mol. The van der Waals surface area contributed by atoms with Gasteiger partial charge >= 0.3 is 5.97 Å². The number of hydrogen-bond acceptors (Lipinski definition) is 4. The lowest BCUT2D eigenvalue weighted by Crippen LogP contribution is -2.26. The second-order valence-corrected chi connectivity index (χ2v) is 5.21. The molecule has 2 rings (SSSR count). The summed E-state index contributed by atoms with van der Waals surface area (Å²) in [6.07, 6.45) is 1.23. The average Bonchev–Trinajstić information content (AvgIpc) is 2.62. The van der Waals surface area contributed by atoms with Crippen LogP contribution in [0.2, 0.25) is 0 Å². The minimum absolute atomic E-state index is 0.227. The van der Waals surface area contributed by atoms with Crippen molar-refractivity contribution in [2.75, 3.05) is 14.2 Å². The lowest BCUT2D eigenvalue weighted by atomic mass is 9.90. The van der Waals surface area contributed by atoms with E-state index in [1.165, 1.54) is 7.11 Å². The van der Waals surface area contributed by atoms with Crippen LogP contribution in [0, 0.1) is 11.3 Å². The van der Waals surface area contributed by atoms with Crippen LogP contribution < -0.4 is 4.74 Å². The highest BCUT2D eigenvalue weighted by Gasteiger charge is 2.26. The smallest absolute Gasteiger partial charge is 0.314 e. The molecule has 4 heteroatoms. The molecule has 0 saturated heterocycles. The molecule has 2 aromatic rings. The van der Waals surface area contributed by atoms with Crippen molar-refractivity contribution in [2.45, 2.75) is 12.8 Å². The summed E-state index contributed by atoms with van der Waals surface area (Å²) in [5.41, 5.74) is 1.98. The molecule has 120 valence electrons. The van der Waals surface area contributed by atoms with E-state index in [4.69, 9.17) is 14.9 Å². The molecule has 0 amide bonds. The minimum atomic E-state index is -0.614. The summed E-state index contributed by atoms with van der Waals surface area (Å²) in [5, 5.41) is 8.45. The first kappa shape index (κ1) is 16.7. The normalized spacial score (nSPS) is 11.6. The fraction of sp³-hybridized carbons (Fsp3) is 0.263. The summed E-state index contributed by atoms with van der Waals surface area (Å²) in [4.78, 5) is 12.1. The average molecular weight is 311 g/mol. The van der Waals surface area contributed by atoms with Crippen molar-refractivity contribution in [3.8, 4) is 5.75 Å². The number of methoxy groups -OCH3 is 2. The van der Waals surface area contributed by atoms with Crippen molar-refractivity contribution in [1.82, 2.24) is 0 Å². The maximum atomic E-state index is 12.1. The monoisotopic (exact) mass is 311 g/mol. The van der Waals surface area contributed by atoms with Gasteiger partial charge in [0.15, 0.2) is 0 Å². The van der Waals surface area contributed by atoms with E-state index in [9.17, 15) is 4.79 Å². The first-order valence-electron chi connectivity index (χ1n) is 7.51. The third-order valence-corrected chi connectivity index (χ3v) is 3.80. The molecule has 4 nitrogen and oxygen atoms in total. The number of hydrogen-bond donors (Lipinski definition) is 1. The molecule has 0 aromatic heterocycles. The van der Waals surface area contributed by atoms with Gasteiger partial charge in [0, 0.05) is 5.56 Å². The number of rotatable bonds is 7. The van der Waals surface area contributed by atoms with Crippen molar-refractivity contribution in [1.29, 1.82) is 5.41 Å². The number of esters is 1. The fourth-order valence-corrected chi connectivity index (χ4v) is 2.53. The van der Waals surface area contributed by atoms with E-state index in [0.717, 1.165) is 5.56 Å². The Morgan fingerprint density at radius 3 is 2.35 bits per heavy atom. The van der Waals surface area contributed by atoms with Crippen LogP contribution in [0.4, 0.5) is 0 Å². The Morgan fingerprint density at radius 2 is 1.70 bits per heavy atom. The minimum Gasteiger partial charge on any atom is -0.496 e. The van der Waals surface area contributed by atoms with Gasteiger partial charge in [0.2, 0.25) is 0 Å². The molecule has 0 aliphatic rings. The maximum Gasteiger partial charge on any atom is 0.314 e. The molecule has 1 unspecified atom stereocenters. The van der Waals surface area contributed by atoms with Gasteiger partial charge in [-0.2, -0.15) is 0 Å². The first-order valence-corrected chi connectivity index (χ1v) is 7.51. The van der Waals surface area contributed by atoms with Gasteiger partial charge in [-0.3, -0.25) is 4.79 Å². The summed E-state index contributed by atoms with van der Waals surface area (Å²) in [6, 6.07) is 17.2. The summed E-state index contributed by atoms with van der Waals surface area (Å²) in [5.74, 6) is -0.417.